The molecule has 25 heavy (non-hydrogen) atoms. The Balaban J connectivity index is 1.47. The van der Waals surface area contributed by atoms with Gasteiger partial charge in [-0.3, -0.25) is 9.48 Å². The van der Waals surface area contributed by atoms with E-state index in [0.717, 1.165) is 5.56 Å². The highest BCUT2D eigenvalue weighted by molar-refractivity contribution is 6.30. The van der Waals surface area contributed by atoms with E-state index in [9.17, 15) is 4.79 Å². The maximum atomic E-state index is 12.1. The van der Waals surface area contributed by atoms with Crippen LogP contribution in [0.2, 0.25) is 5.02 Å². The first-order valence-electron chi connectivity index (χ1n) is 7.95. The van der Waals surface area contributed by atoms with Crippen LogP contribution < -0.4 is 5.32 Å². The molecule has 0 aliphatic rings. The third kappa shape index (κ3) is 4.67. The third-order valence-corrected chi connectivity index (χ3v) is 3.93. The topological polar surface area (TPSA) is 85.8 Å². The average molecular weight is 360 g/mol. The quantitative estimate of drug-likeness (QED) is 0.700. The number of amides is 1. The zero-order chi connectivity index (χ0) is 17.6. The van der Waals surface area contributed by atoms with E-state index in [0.29, 0.717) is 36.2 Å². The molecule has 0 aliphatic carbocycles. The van der Waals surface area contributed by atoms with Gasteiger partial charge in [0.25, 0.3) is 0 Å². The molecule has 0 spiro atoms. The van der Waals surface area contributed by atoms with Crippen LogP contribution >= 0.6 is 11.6 Å². The molecule has 0 aliphatic heterocycles. The molecule has 2 aromatic heterocycles. The summed E-state index contributed by atoms with van der Waals surface area (Å²) in [6, 6.07) is 9.03. The van der Waals surface area contributed by atoms with Gasteiger partial charge in [0.1, 0.15) is 0 Å². The van der Waals surface area contributed by atoms with E-state index in [1.165, 1.54) is 0 Å². The molecule has 1 unspecified atom stereocenters. The summed E-state index contributed by atoms with van der Waals surface area (Å²) in [7, 11) is 0. The summed E-state index contributed by atoms with van der Waals surface area (Å²) in [6.45, 7) is 2.84. The van der Waals surface area contributed by atoms with Crippen molar-refractivity contribution in [1.82, 2.24) is 25.2 Å². The van der Waals surface area contributed by atoms with E-state index < -0.39 is 0 Å². The molecule has 0 fully saturated rings. The van der Waals surface area contributed by atoms with Crippen molar-refractivity contribution in [3.05, 3.63) is 53.6 Å². The fourth-order valence-corrected chi connectivity index (χ4v) is 2.44. The second kappa shape index (κ2) is 7.94. The van der Waals surface area contributed by atoms with Gasteiger partial charge in [-0.25, -0.2) is 0 Å². The zero-order valence-corrected chi connectivity index (χ0v) is 14.5. The summed E-state index contributed by atoms with van der Waals surface area (Å²) < 4.78 is 6.95. The molecule has 8 heteroatoms. The second-order valence-corrected chi connectivity index (χ2v) is 6.13. The summed E-state index contributed by atoms with van der Waals surface area (Å²) in [5.41, 5.74) is 0.830. The fraction of sp³-hybridized carbons (Fsp3) is 0.294. The molecule has 0 bridgehead atoms. The van der Waals surface area contributed by atoms with Gasteiger partial charge in [0.15, 0.2) is 0 Å². The largest absolute Gasteiger partial charge is 0.355 e. The summed E-state index contributed by atoms with van der Waals surface area (Å²) in [5, 5.41) is 11.6. The first-order chi connectivity index (χ1) is 12.1. The normalized spacial score (nSPS) is 12.1. The Kier molecular flexibility index (Phi) is 5.45. The van der Waals surface area contributed by atoms with Crippen molar-refractivity contribution in [3.8, 4) is 11.4 Å². The van der Waals surface area contributed by atoms with Gasteiger partial charge in [-0.2, -0.15) is 10.1 Å². The van der Waals surface area contributed by atoms with Crippen molar-refractivity contribution in [3.63, 3.8) is 0 Å². The third-order valence-electron chi connectivity index (χ3n) is 3.68. The molecule has 1 atom stereocenters. The number of aromatic nitrogens is 4. The number of halogens is 1. The Morgan fingerprint density at radius 3 is 2.88 bits per heavy atom. The van der Waals surface area contributed by atoms with Crippen molar-refractivity contribution in [2.24, 2.45) is 5.92 Å². The highest BCUT2D eigenvalue weighted by Gasteiger charge is 2.14. The van der Waals surface area contributed by atoms with Crippen molar-refractivity contribution < 1.29 is 9.32 Å². The Hall–Kier alpha value is -2.67. The average Bonchev–Trinajstić information content (AvgIpc) is 3.27. The van der Waals surface area contributed by atoms with E-state index in [-0.39, 0.29) is 11.8 Å². The van der Waals surface area contributed by atoms with Gasteiger partial charge in [0.2, 0.25) is 17.6 Å². The Bertz CT molecular complexity index is 814. The van der Waals surface area contributed by atoms with Crippen LogP contribution in [0, 0.1) is 5.92 Å². The van der Waals surface area contributed by atoms with Crippen molar-refractivity contribution in [2.45, 2.75) is 19.9 Å². The molecule has 1 amide bonds. The van der Waals surface area contributed by atoms with E-state index in [1.54, 1.807) is 23.0 Å². The molecule has 3 rings (SSSR count). The lowest BCUT2D eigenvalue weighted by atomic mass is 10.1. The highest BCUT2D eigenvalue weighted by Crippen LogP contribution is 2.18. The van der Waals surface area contributed by atoms with E-state index in [1.807, 2.05) is 31.3 Å². The second-order valence-electron chi connectivity index (χ2n) is 5.69. The Morgan fingerprint density at radius 1 is 1.36 bits per heavy atom. The SMILES string of the molecule is CC(Cn1cccn1)C(=O)NCCc1nc(-c2ccc(Cl)cc2)no1. The lowest BCUT2D eigenvalue weighted by Gasteiger charge is -2.11. The summed E-state index contributed by atoms with van der Waals surface area (Å²) in [6.07, 6.45) is 4.00. The van der Waals surface area contributed by atoms with Crippen LogP contribution in [0.1, 0.15) is 12.8 Å². The Morgan fingerprint density at radius 2 is 2.16 bits per heavy atom. The predicted molar refractivity (Wildman–Crippen MR) is 92.8 cm³/mol. The molecule has 3 aromatic rings. The van der Waals surface area contributed by atoms with Gasteiger partial charge in [-0.1, -0.05) is 23.7 Å². The molecule has 0 radical (unpaired) electrons. The molecule has 2 heterocycles. The first-order valence-corrected chi connectivity index (χ1v) is 8.33. The van der Waals surface area contributed by atoms with Gasteiger partial charge >= 0.3 is 0 Å². The van der Waals surface area contributed by atoms with Crippen LogP contribution in [0.4, 0.5) is 0 Å². The minimum atomic E-state index is -0.174. The molecule has 0 saturated heterocycles. The Labute approximate surface area is 150 Å². The molecule has 7 nitrogen and oxygen atoms in total. The molecular formula is C17H18ClN5O2. The van der Waals surface area contributed by atoms with Gasteiger partial charge in [0, 0.05) is 35.9 Å². The van der Waals surface area contributed by atoms with Crippen molar-refractivity contribution in [1.29, 1.82) is 0 Å². The first kappa shape index (κ1) is 17.2. The van der Waals surface area contributed by atoms with Crippen molar-refractivity contribution in [2.75, 3.05) is 6.54 Å². The maximum Gasteiger partial charge on any atom is 0.228 e. The summed E-state index contributed by atoms with van der Waals surface area (Å²) in [5.74, 6) is 0.773. The zero-order valence-electron chi connectivity index (χ0n) is 13.7. The predicted octanol–water partition coefficient (Wildman–Crippen LogP) is 2.58. The van der Waals surface area contributed by atoms with E-state index in [2.05, 4.69) is 20.6 Å². The standard InChI is InChI=1S/C17H18ClN5O2/c1-12(11-23-10-2-8-20-23)17(24)19-9-7-15-21-16(22-25-15)13-3-5-14(18)6-4-13/h2-6,8,10,12H,7,9,11H2,1H3,(H,19,24). The van der Waals surface area contributed by atoms with Crippen LogP contribution in [0.25, 0.3) is 11.4 Å². The monoisotopic (exact) mass is 359 g/mol. The van der Waals surface area contributed by atoms with Gasteiger partial charge in [-0.15, -0.1) is 0 Å². The lowest BCUT2D eigenvalue weighted by molar-refractivity contribution is -0.124. The van der Waals surface area contributed by atoms with Crippen molar-refractivity contribution >= 4 is 17.5 Å². The lowest BCUT2D eigenvalue weighted by Crippen LogP contribution is -2.33. The van der Waals surface area contributed by atoms with E-state index >= 15 is 0 Å². The highest BCUT2D eigenvalue weighted by atomic mass is 35.5. The van der Waals surface area contributed by atoms with Crippen LogP contribution in [0.5, 0.6) is 0 Å². The van der Waals surface area contributed by atoms with Crippen LogP contribution in [0.15, 0.2) is 47.2 Å². The molecule has 1 N–H and O–H groups in total. The number of carbonyl (C=O) groups is 1. The van der Waals surface area contributed by atoms with Gasteiger partial charge in [-0.05, 0) is 30.3 Å². The smallest absolute Gasteiger partial charge is 0.228 e. The minimum absolute atomic E-state index is 0.0343. The molecule has 0 saturated carbocycles. The molecular weight excluding hydrogens is 342 g/mol. The van der Waals surface area contributed by atoms with E-state index in [4.69, 9.17) is 16.1 Å². The summed E-state index contributed by atoms with van der Waals surface area (Å²) in [4.78, 5) is 16.4. The number of hydrogen-bond acceptors (Lipinski definition) is 5. The number of benzene rings is 1. The number of hydrogen-bond donors (Lipinski definition) is 1. The van der Waals surface area contributed by atoms with Crippen LogP contribution in [-0.4, -0.2) is 32.4 Å². The maximum absolute atomic E-state index is 12.1. The fourth-order valence-electron chi connectivity index (χ4n) is 2.31. The molecule has 1 aromatic carbocycles. The number of carbonyl (C=O) groups excluding carboxylic acids is 1. The number of nitrogens with one attached hydrogen (secondary N) is 1. The minimum Gasteiger partial charge on any atom is -0.355 e. The van der Waals surface area contributed by atoms with Crippen LogP contribution in [-0.2, 0) is 17.8 Å². The summed E-state index contributed by atoms with van der Waals surface area (Å²) >= 11 is 5.86. The van der Waals surface area contributed by atoms with Gasteiger partial charge < -0.3 is 9.84 Å². The van der Waals surface area contributed by atoms with Crippen LogP contribution in [0.3, 0.4) is 0 Å². The number of rotatable bonds is 7. The van der Waals surface area contributed by atoms with Gasteiger partial charge in [0.05, 0.1) is 12.5 Å². The number of nitrogens with zero attached hydrogens (tertiary/aromatic N) is 4. The molecule has 130 valence electrons.